The maximum absolute atomic E-state index is 11.7. The van der Waals surface area contributed by atoms with E-state index in [1.165, 1.54) is 4.90 Å². The number of carbonyl (C=O) groups is 1. The molecule has 0 aromatic heterocycles. The fourth-order valence-electron chi connectivity index (χ4n) is 1.38. The van der Waals surface area contributed by atoms with Crippen molar-refractivity contribution < 1.29 is 14.3 Å². The first kappa shape index (κ1) is 15.9. The Labute approximate surface area is 120 Å². The molecule has 0 fully saturated rings. The van der Waals surface area contributed by atoms with Gasteiger partial charge >= 0.3 is 6.09 Å². The van der Waals surface area contributed by atoms with Crippen LogP contribution in [0.4, 0.5) is 4.79 Å². The number of ether oxygens (including phenoxy) is 2. The normalized spacial score (nSPS) is 10.6. The summed E-state index contributed by atoms with van der Waals surface area (Å²) in [7, 11) is 1.68. The standard InChI is InChI=1S/C16H21NO3/c1-6-13-7-9-14(10-8-13)19-12-11-17(5)15(18)20-16(2,3)4/h1,7-10H,11-12H2,2-5H3. The number of hydrogen-bond donors (Lipinski definition) is 0. The molecule has 0 unspecified atom stereocenters. The van der Waals surface area contributed by atoms with Crippen LogP contribution in [-0.2, 0) is 4.74 Å². The molecule has 0 bridgehead atoms. The van der Waals surface area contributed by atoms with Crippen molar-refractivity contribution in [2.75, 3.05) is 20.2 Å². The minimum Gasteiger partial charge on any atom is -0.492 e. The van der Waals surface area contributed by atoms with E-state index in [2.05, 4.69) is 5.92 Å². The summed E-state index contributed by atoms with van der Waals surface area (Å²) in [6.45, 7) is 6.35. The number of likely N-dealkylation sites (N-methyl/N-ethyl adjacent to an activating group) is 1. The summed E-state index contributed by atoms with van der Waals surface area (Å²) in [5.41, 5.74) is 0.320. The predicted octanol–water partition coefficient (Wildman–Crippen LogP) is 2.91. The van der Waals surface area contributed by atoms with Crippen molar-refractivity contribution in [1.82, 2.24) is 4.90 Å². The molecule has 108 valence electrons. The molecule has 1 aromatic carbocycles. The van der Waals surface area contributed by atoms with Gasteiger partial charge in [0.2, 0.25) is 0 Å². The molecule has 0 atom stereocenters. The second kappa shape index (κ2) is 6.85. The molecule has 0 heterocycles. The highest BCUT2D eigenvalue weighted by molar-refractivity contribution is 5.67. The van der Waals surface area contributed by atoms with Crippen molar-refractivity contribution in [2.45, 2.75) is 26.4 Å². The fourth-order valence-corrected chi connectivity index (χ4v) is 1.38. The number of carbonyl (C=O) groups excluding carboxylic acids is 1. The zero-order chi connectivity index (χ0) is 15.2. The smallest absolute Gasteiger partial charge is 0.410 e. The van der Waals surface area contributed by atoms with Crippen LogP contribution in [0.3, 0.4) is 0 Å². The Morgan fingerprint density at radius 2 is 1.90 bits per heavy atom. The molecule has 1 rings (SSSR count). The molecule has 20 heavy (non-hydrogen) atoms. The first-order valence-corrected chi connectivity index (χ1v) is 6.45. The monoisotopic (exact) mass is 275 g/mol. The molecule has 0 aliphatic carbocycles. The third kappa shape index (κ3) is 5.66. The van der Waals surface area contributed by atoms with Gasteiger partial charge in [0.1, 0.15) is 18.0 Å². The number of hydrogen-bond acceptors (Lipinski definition) is 3. The van der Waals surface area contributed by atoms with E-state index >= 15 is 0 Å². The highest BCUT2D eigenvalue weighted by Crippen LogP contribution is 2.12. The highest BCUT2D eigenvalue weighted by atomic mass is 16.6. The maximum Gasteiger partial charge on any atom is 0.410 e. The molecule has 4 heteroatoms. The van der Waals surface area contributed by atoms with Crippen LogP contribution in [0.1, 0.15) is 26.3 Å². The lowest BCUT2D eigenvalue weighted by atomic mass is 10.2. The van der Waals surface area contributed by atoms with Crippen LogP contribution in [-0.4, -0.2) is 36.8 Å². The lowest BCUT2D eigenvalue weighted by Gasteiger charge is -2.24. The second-order valence-electron chi connectivity index (χ2n) is 5.42. The number of terminal acetylenes is 1. The van der Waals surface area contributed by atoms with Gasteiger partial charge < -0.3 is 14.4 Å². The Bertz CT molecular complexity index is 480. The summed E-state index contributed by atoms with van der Waals surface area (Å²) >= 11 is 0. The Morgan fingerprint density at radius 3 is 2.40 bits per heavy atom. The molecule has 0 saturated carbocycles. The Kier molecular flexibility index (Phi) is 5.45. The molecular weight excluding hydrogens is 254 g/mol. The summed E-state index contributed by atoms with van der Waals surface area (Å²) in [6, 6.07) is 7.24. The van der Waals surface area contributed by atoms with E-state index in [9.17, 15) is 4.79 Å². The van der Waals surface area contributed by atoms with Gasteiger partial charge in [-0.15, -0.1) is 6.42 Å². The number of rotatable bonds is 4. The highest BCUT2D eigenvalue weighted by Gasteiger charge is 2.19. The van der Waals surface area contributed by atoms with E-state index in [1.807, 2.05) is 45.0 Å². The van der Waals surface area contributed by atoms with Crippen molar-refractivity contribution in [3.05, 3.63) is 29.8 Å². The summed E-state index contributed by atoms with van der Waals surface area (Å²) in [5.74, 6) is 3.26. The van der Waals surface area contributed by atoms with Gasteiger partial charge in [0.25, 0.3) is 0 Å². The number of amides is 1. The first-order chi connectivity index (χ1) is 9.31. The van der Waals surface area contributed by atoms with Gasteiger partial charge in [0.15, 0.2) is 0 Å². The number of nitrogens with zero attached hydrogens (tertiary/aromatic N) is 1. The molecule has 0 aliphatic heterocycles. The molecule has 0 radical (unpaired) electrons. The minimum absolute atomic E-state index is 0.358. The third-order valence-electron chi connectivity index (χ3n) is 2.42. The molecule has 0 spiro atoms. The second-order valence-corrected chi connectivity index (χ2v) is 5.42. The molecule has 1 amide bonds. The maximum atomic E-state index is 11.7. The van der Waals surface area contributed by atoms with Gasteiger partial charge in [-0.05, 0) is 45.0 Å². The van der Waals surface area contributed by atoms with Crippen molar-refractivity contribution in [2.24, 2.45) is 0 Å². The van der Waals surface area contributed by atoms with Gasteiger partial charge in [0.05, 0.1) is 6.54 Å². The van der Waals surface area contributed by atoms with Crippen LogP contribution in [0, 0.1) is 12.3 Å². The van der Waals surface area contributed by atoms with E-state index < -0.39 is 5.60 Å². The summed E-state index contributed by atoms with van der Waals surface area (Å²) in [6.07, 6.45) is 4.92. The molecule has 1 aromatic rings. The average Bonchev–Trinajstić information content (AvgIpc) is 2.37. The minimum atomic E-state index is -0.489. The van der Waals surface area contributed by atoms with Crippen LogP contribution in [0.15, 0.2) is 24.3 Å². The van der Waals surface area contributed by atoms with E-state index in [1.54, 1.807) is 7.05 Å². The summed E-state index contributed by atoms with van der Waals surface area (Å²) in [4.78, 5) is 13.2. The summed E-state index contributed by atoms with van der Waals surface area (Å²) < 4.78 is 10.8. The van der Waals surface area contributed by atoms with Crippen molar-refractivity contribution >= 4 is 6.09 Å². The molecule has 0 saturated heterocycles. The summed E-state index contributed by atoms with van der Waals surface area (Å²) in [5, 5.41) is 0. The third-order valence-corrected chi connectivity index (χ3v) is 2.42. The van der Waals surface area contributed by atoms with Crippen molar-refractivity contribution in [3.8, 4) is 18.1 Å². The van der Waals surface area contributed by atoms with E-state index in [0.717, 1.165) is 11.3 Å². The molecule has 0 N–H and O–H groups in total. The number of benzene rings is 1. The predicted molar refractivity (Wildman–Crippen MR) is 78.7 cm³/mol. The first-order valence-electron chi connectivity index (χ1n) is 6.45. The topological polar surface area (TPSA) is 38.8 Å². The van der Waals surface area contributed by atoms with Crippen LogP contribution in [0.5, 0.6) is 5.75 Å². The quantitative estimate of drug-likeness (QED) is 0.793. The van der Waals surface area contributed by atoms with E-state index in [4.69, 9.17) is 15.9 Å². The fraction of sp³-hybridized carbons (Fsp3) is 0.438. The van der Waals surface area contributed by atoms with Gasteiger partial charge in [-0.2, -0.15) is 0 Å². The zero-order valence-corrected chi connectivity index (χ0v) is 12.5. The van der Waals surface area contributed by atoms with Crippen molar-refractivity contribution in [1.29, 1.82) is 0 Å². The SMILES string of the molecule is C#Cc1ccc(OCCN(C)C(=O)OC(C)(C)C)cc1. The van der Waals surface area contributed by atoms with Crippen molar-refractivity contribution in [3.63, 3.8) is 0 Å². The van der Waals surface area contributed by atoms with Crippen LogP contribution in [0.2, 0.25) is 0 Å². The van der Waals surface area contributed by atoms with Gasteiger partial charge in [-0.1, -0.05) is 5.92 Å². The van der Waals surface area contributed by atoms with Gasteiger partial charge in [-0.3, -0.25) is 0 Å². The van der Waals surface area contributed by atoms with E-state index in [-0.39, 0.29) is 6.09 Å². The van der Waals surface area contributed by atoms with Gasteiger partial charge in [0, 0.05) is 12.6 Å². The van der Waals surface area contributed by atoms with Crippen LogP contribution >= 0.6 is 0 Å². The van der Waals surface area contributed by atoms with Crippen LogP contribution < -0.4 is 4.74 Å². The lowest BCUT2D eigenvalue weighted by Crippen LogP contribution is -2.36. The van der Waals surface area contributed by atoms with Crippen LogP contribution in [0.25, 0.3) is 0 Å². The average molecular weight is 275 g/mol. The lowest BCUT2D eigenvalue weighted by molar-refractivity contribution is 0.0278. The van der Waals surface area contributed by atoms with Gasteiger partial charge in [-0.25, -0.2) is 4.79 Å². The molecular formula is C16H21NO3. The zero-order valence-electron chi connectivity index (χ0n) is 12.5. The molecule has 0 aliphatic rings. The Balaban J connectivity index is 2.36. The Hall–Kier alpha value is -2.15. The largest absolute Gasteiger partial charge is 0.492 e. The Morgan fingerprint density at radius 1 is 1.30 bits per heavy atom. The molecule has 4 nitrogen and oxygen atoms in total. The van der Waals surface area contributed by atoms with E-state index in [0.29, 0.717) is 13.2 Å².